The van der Waals surface area contributed by atoms with Gasteiger partial charge in [0, 0.05) is 12.3 Å². The van der Waals surface area contributed by atoms with Crippen LogP contribution in [0.25, 0.3) is 0 Å². The molecule has 0 atom stereocenters. The molecule has 1 heterocycles. The van der Waals surface area contributed by atoms with Crippen molar-refractivity contribution in [3.8, 4) is 17.4 Å². The summed E-state index contributed by atoms with van der Waals surface area (Å²) in [5.41, 5.74) is 0.320. The number of rotatable bonds is 6. The van der Waals surface area contributed by atoms with E-state index in [9.17, 15) is 9.18 Å². The van der Waals surface area contributed by atoms with Crippen molar-refractivity contribution in [3.63, 3.8) is 0 Å². The van der Waals surface area contributed by atoms with Gasteiger partial charge in [0.25, 0.3) is 5.91 Å². The molecule has 3 aromatic rings. The monoisotopic (exact) mass is 372 g/mol. The van der Waals surface area contributed by atoms with Crippen LogP contribution in [0.3, 0.4) is 0 Å². The van der Waals surface area contributed by atoms with Crippen LogP contribution >= 0.6 is 11.6 Å². The normalized spacial score (nSPS) is 10.2. The number of hydrogen-bond acceptors (Lipinski definition) is 4. The van der Waals surface area contributed by atoms with Gasteiger partial charge in [-0.2, -0.15) is 0 Å². The van der Waals surface area contributed by atoms with Crippen molar-refractivity contribution in [1.29, 1.82) is 0 Å². The van der Waals surface area contributed by atoms with Crippen molar-refractivity contribution in [2.45, 2.75) is 0 Å². The lowest BCUT2D eigenvalue weighted by molar-refractivity contribution is -0.118. The molecule has 2 aromatic carbocycles. The van der Waals surface area contributed by atoms with Crippen LogP contribution in [0.15, 0.2) is 66.9 Å². The van der Waals surface area contributed by atoms with Gasteiger partial charge in [-0.25, -0.2) is 9.37 Å². The fourth-order valence-corrected chi connectivity index (χ4v) is 2.27. The molecule has 7 heteroatoms. The van der Waals surface area contributed by atoms with Crippen LogP contribution in [0.2, 0.25) is 5.02 Å². The van der Waals surface area contributed by atoms with Crippen molar-refractivity contribution in [1.82, 2.24) is 4.98 Å². The van der Waals surface area contributed by atoms with Crippen molar-refractivity contribution >= 4 is 23.2 Å². The smallest absolute Gasteiger partial charge is 0.262 e. The second kappa shape index (κ2) is 8.31. The molecule has 1 amide bonds. The van der Waals surface area contributed by atoms with Crippen molar-refractivity contribution in [2.75, 3.05) is 11.9 Å². The third-order valence-corrected chi connectivity index (χ3v) is 3.57. The lowest BCUT2D eigenvalue weighted by atomic mass is 10.3. The number of carbonyl (C=O) groups excluding carboxylic acids is 1. The fourth-order valence-electron chi connectivity index (χ4n) is 2.06. The van der Waals surface area contributed by atoms with E-state index >= 15 is 0 Å². The predicted molar refractivity (Wildman–Crippen MR) is 96.3 cm³/mol. The Morgan fingerprint density at radius 1 is 1.08 bits per heavy atom. The quantitative estimate of drug-likeness (QED) is 0.682. The van der Waals surface area contributed by atoms with Gasteiger partial charge in [0.05, 0.1) is 10.7 Å². The minimum atomic E-state index is -0.475. The Balaban J connectivity index is 1.52. The first-order valence-corrected chi connectivity index (χ1v) is 8.04. The number of benzene rings is 2. The molecule has 0 fully saturated rings. The van der Waals surface area contributed by atoms with Gasteiger partial charge >= 0.3 is 0 Å². The largest absolute Gasteiger partial charge is 0.484 e. The van der Waals surface area contributed by atoms with Crippen LogP contribution in [0.1, 0.15) is 0 Å². The van der Waals surface area contributed by atoms with Gasteiger partial charge in [-0.3, -0.25) is 4.79 Å². The van der Waals surface area contributed by atoms with E-state index in [0.29, 0.717) is 23.1 Å². The second-order valence-corrected chi connectivity index (χ2v) is 5.61. The summed E-state index contributed by atoms with van der Waals surface area (Å²) in [6, 6.07) is 15.9. The van der Waals surface area contributed by atoms with Gasteiger partial charge in [0.1, 0.15) is 17.3 Å². The van der Waals surface area contributed by atoms with Crippen LogP contribution in [-0.2, 0) is 4.79 Å². The summed E-state index contributed by atoms with van der Waals surface area (Å²) in [6.07, 6.45) is 1.64. The Bertz CT molecular complexity index is 889. The molecule has 0 aliphatic carbocycles. The first kappa shape index (κ1) is 17.7. The van der Waals surface area contributed by atoms with E-state index < -0.39 is 11.7 Å². The molecule has 5 nitrogen and oxygen atoms in total. The summed E-state index contributed by atoms with van der Waals surface area (Å²) < 4.78 is 24.0. The Kier molecular flexibility index (Phi) is 5.66. The summed E-state index contributed by atoms with van der Waals surface area (Å²) in [5.74, 6) is 0.693. The molecule has 0 aliphatic rings. The summed E-state index contributed by atoms with van der Waals surface area (Å²) in [4.78, 5) is 16.0. The minimum absolute atomic E-state index is 0.120. The molecule has 132 valence electrons. The van der Waals surface area contributed by atoms with Gasteiger partial charge in [-0.05, 0) is 48.5 Å². The zero-order chi connectivity index (χ0) is 18.4. The first-order valence-electron chi connectivity index (χ1n) is 7.67. The summed E-state index contributed by atoms with van der Waals surface area (Å²) >= 11 is 5.86. The van der Waals surface area contributed by atoms with Crippen molar-refractivity contribution < 1.29 is 18.7 Å². The Labute approximate surface area is 154 Å². The molecule has 0 radical (unpaired) electrons. The van der Waals surface area contributed by atoms with Crippen LogP contribution in [0.4, 0.5) is 10.1 Å². The lowest BCUT2D eigenvalue weighted by Crippen LogP contribution is -2.20. The Morgan fingerprint density at radius 2 is 1.85 bits per heavy atom. The van der Waals surface area contributed by atoms with Crippen LogP contribution in [0, 0.1) is 5.82 Å². The summed E-state index contributed by atoms with van der Waals surface area (Å²) in [5, 5.41) is 2.68. The molecule has 26 heavy (non-hydrogen) atoms. The van der Waals surface area contributed by atoms with Crippen LogP contribution in [0.5, 0.6) is 17.4 Å². The van der Waals surface area contributed by atoms with Crippen LogP contribution in [-0.4, -0.2) is 17.5 Å². The standard InChI is InChI=1S/C19H14ClFN2O3/c20-16-11-13(21)4-9-17(16)23-18(24)12-25-14-5-7-15(8-6-14)26-19-3-1-2-10-22-19/h1-11H,12H2,(H,23,24). The molecule has 0 saturated carbocycles. The average Bonchev–Trinajstić information content (AvgIpc) is 2.64. The van der Waals surface area contributed by atoms with Gasteiger partial charge in [0.2, 0.25) is 5.88 Å². The molecule has 0 aliphatic heterocycles. The van der Waals surface area contributed by atoms with E-state index in [1.165, 1.54) is 12.1 Å². The Morgan fingerprint density at radius 3 is 2.54 bits per heavy atom. The number of aromatic nitrogens is 1. The second-order valence-electron chi connectivity index (χ2n) is 5.20. The number of pyridine rings is 1. The molecule has 1 N–H and O–H groups in total. The number of amides is 1. The van der Waals surface area contributed by atoms with Gasteiger partial charge in [-0.15, -0.1) is 0 Å². The van der Waals surface area contributed by atoms with Crippen molar-refractivity contribution in [2.24, 2.45) is 0 Å². The average molecular weight is 373 g/mol. The topological polar surface area (TPSA) is 60.5 Å². The number of anilines is 1. The Hall–Kier alpha value is -3.12. The summed E-state index contributed by atoms with van der Waals surface area (Å²) in [6.45, 7) is -0.214. The highest BCUT2D eigenvalue weighted by atomic mass is 35.5. The maximum Gasteiger partial charge on any atom is 0.262 e. The van der Waals surface area contributed by atoms with E-state index in [4.69, 9.17) is 21.1 Å². The minimum Gasteiger partial charge on any atom is -0.484 e. The maximum absolute atomic E-state index is 13.0. The number of carbonyl (C=O) groups is 1. The van der Waals surface area contributed by atoms with Crippen LogP contribution < -0.4 is 14.8 Å². The van der Waals surface area contributed by atoms with E-state index in [2.05, 4.69) is 10.3 Å². The third kappa shape index (κ3) is 4.94. The zero-order valence-electron chi connectivity index (χ0n) is 13.5. The van der Waals surface area contributed by atoms with E-state index in [1.54, 1.807) is 42.6 Å². The molecular weight excluding hydrogens is 359 g/mol. The van der Waals surface area contributed by atoms with E-state index in [-0.39, 0.29) is 11.6 Å². The highest BCUT2D eigenvalue weighted by molar-refractivity contribution is 6.33. The third-order valence-electron chi connectivity index (χ3n) is 3.26. The zero-order valence-corrected chi connectivity index (χ0v) is 14.2. The molecular formula is C19H14ClFN2O3. The van der Waals surface area contributed by atoms with E-state index in [1.807, 2.05) is 6.07 Å². The number of halogens is 2. The van der Waals surface area contributed by atoms with Gasteiger partial charge in [-0.1, -0.05) is 17.7 Å². The lowest BCUT2D eigenvalue weighted by Gasteiger charge is -2.09. The molecule has 0 bridgehead atoms. The SMILES string of the molecule is O=C(COc1ccc(Oc2ccccn2)cc1)Nc1ccc(F)cc1Cl. The first-order chi connectivity index (χ1) is 12.6. The fraction of sp³-hybridized carbons (Fsp3) is 0.0526. The van der Waals surface area contributed by atoms with Crippen molar-refractivity contribution in [3.05, 3.63) is 77.7 Å². The maximum atomic E-state index is 13.0. The summed E-state index contributed by atoms with van der Waals surface area (Å²) in [7, 11) is 0. The molecule has 0 spiro atoms. The highest BCUT2D eigenvalue weighted by Crippen LogP contribution is 2.23. The number of hydrogen-bond donors (Lipinski definition) is 1. The number of nitrogens with one attached hydrogen (secondary N) is 1. The number of ether oxygens (including phenoxy) is 2. The molecule has 1 aromatic heterocycles. The highest BCUT2D eigenvalue weighted by Gasteiger charge is 2.08. The number of nitrogens with zero attached hydrogens (tertiary/aromatic N) is 1. The molecule has 0 saturated heterocycles. The van der Waals surface area contributed by atoms with Gasteiger partial charge < -0.3 is 14.8 Å². The van der Waals surface area contributed by atoms with E-state index in [0.717, 1.165) is 6.07 Å². The molecule has 0 unspecified atom stereocenters. The predicted octanol–water partition coefficient (Wildman–Crippen LogP) is 4.68. The van der Waals surface area contributed by atoms with Gasteiger partial charge in [0.15, 0.2) is 6.61 Å². The molecule has 3 rings (SSSR count).